The van der Waals surface area contributed by atoms with Crippen molar-refractivity contribution in [3.63, 3.8) is 0 Å². The summed E-state index contributed by atoms with van der Waals surface area (Å²) >= 11 is 0. The molecule has 4 nitrogen and oxygen atoms in total. The Bertz CT molecular complexity index is 450. The molecule has 110 valence electrons. The van der Waals surface area contributed by atoms with E-state index in [0.717, 1.165) is 24.6 Å². The van der Waals surface area contributed by atoms with Crippen LogP contribution in [0.15, 0.2) is 24.3 Å². The predicted octanol–water partition coefficient (Wildman–Crippen LogP) is 1.85. The van der Waals surface area contributed by atoms with Gasteiger partial charge in [-0.3, -0.25) is 4.90 Å². The molecule has 2 aliphatic rings. The molecule has 1 saturated heterocycles. The van der Waals surface area contributed by atoms with E-state index in [2.05, 4.69) is 23.9 Å². The number of para-hydroxylation sites is 2. The fraction of sp³-hybridized carbons (Fsp3) is 0.625. The van der Waals surface area contributed by atoms with E-state index in [9.17, 15) is 0 Å². The third kappa shape index (κ3) is 3.07. The quantitative estimate of drug-likeness (QED) is 0.841. The molecule has 3 rings (SSSR count). The molecule has 0 amide bonds. The van der Waals surface area contributed by atoms with Crippen molar-refractivity contribution in [2.45, 2.75) is 25.0 Å². The lowest BCUT2D eigenvalue weighted by Gasteiger charge is -2.38. The molecule has 0 spiro atoms. The first-order valence-corrected chi connectivity index (χ1v) is 7.49. The van der Waals surface area contributed by atoms with E-state index in [0.29, 0.717) is 12.6 Å². The summed E-state index contributed by atoms with van der Waals surface area (Å²) < 4.78 is 11.8. The maximum absolute atomic E-state index is 6.05. The minimum atomic E-state index is 0.144. The van der Waals surface area contributed by atoms with E-state index in [4.69, 9.17) is 9.47 Å². The van der Waals surface area contributed by atoms with Crippen LogP contribution < -0.4 is 9.47 Å². The number of hydrogen-bond acceptors (Lipinski definition) is 4. The Balaban J connectivity index is 1.57. The molecular formula is C16H24N2O2. The highest BCUT2D eigenvalue weighted by Gasteiger charge is 2.27. The van der Waals surface area contributed by atoms with Crippen LogP contribution in [-0.2, 0) is 0 Å². The summed E-state index contributed by atoms with van der Waals surface area (Å²) in [5.41, 5.74) is 0. The number of rotatable bonds is 3. The van der Waals surface area contributed by atoms with E-state index >= 15 is 0 Å². The van der Waals surface area contributed by atoms with Crippen LogP contribution >= 0.6 is 0 Å². The van der Waals surface area contributed by atoms with Crippen LogP contribution in [0.2, 0.25) is 0 Å². The average molecular weight is 276 g/mol. The van der Waals surface area contributed by atoms with Gasteiger partial charge >= 0.3 is 0 Å². The Morgan fingerprint density at radius 2 is 2.05 bits per heavy atom. The molecule has 1 fully saturated rings. The van der Waals surface area contributed by atoms with Gasteiger partial charge in [-0.25, -0.2) is 0 Å². The molecule has 0 aliphatic carbocycles. The van der Waals surface area contributed by atoms with Crippen LogP contribution in [0.4, 0.5) is 0 Å². The van der Waals surface area contributed by atoms with Gasteiger partial charge in [-0.05, 0) is 45.6 Å². The van der Waals surface area contributed by atoms with E-state index in [1.165, 1.54) is 19.4 Å². The standard InChI is InChI=1S/C16H24N2O2/c1-17(2)13-6-5-9-18(10-13)11-14-12-19-15-7-3-4-8-16(15)20-14/h3-4,7-8,13-14H,5-6,9-12H2,1-2H3/t13-,14-/m0/s1. The van der Waals surface area contributed by atoms with Crippen molar-refractivity contribution in [2.24, 2.45) is 0 Å². The maximum atomic E-state index is 6.05. The highest BCUT2D eigenvalue weighted by atomic mass is 16.6. The summed E-state index contributed by atoms with van der Waals surface area (Å²) in [4.78, 5) is 4.84. The Morgan fingerprint density at radius 3 is 2.85 bits per heavy atom. The highest BCUT2D eigenvalue weighted by molar-refractivity contribution is 5.40. The zero-order valence-electron chi connectivity index (χ0n) is 12.4. The number of likely N-dealkylation sites (N-methyl/N-ethyl adjacent to an activating group) is 1. The molecule has 4 heteroatoms. The average Bonchev–Trinajstić information content (AvgIpc) is 2.47. The van der Waals surface area contributed by atoms with Gasteiger partial charge in [-0.15, -0.1) is 0 Å². The lowest BCUT2D eigenvalue weighted by Crippen LogP contribution is -2.49. The number of hydrogen-bond donors (Lipinski definition) is 0. The molecule has 1 aromatic carbocycles. The van der Waals surface area contributed by atoms with Crippen molar-refractivity contribution in [1.29, 1.82) is 0 Å². The molecule has 0 N–H and O–H groups in total. The Hall–Kier alpha value is -1.26. The predicted molar refractivity (Wildman–Crippen MR) is 79.5 cm³/mol. The fourth-order valence-corrected chi connectivity index (χ4v) is 3.06. The Kier molecular flexibility index (Phi) is 4.13. The molecule has 20 heavy (non-hydrogen) atoms. The molecule has 0 saturated carbocycles. The van der Waals surface area contributed by atoms with Gasteiger partial charge in [0.2, 0.25) is 0 Å². The summed E-state index contributed by atoms with van der Waals surface area (Å²) in [5, 5.41) is 0. The monoisotopic (exact) mass is 276 g/mol. The topological polar surface area (TPSA) is 24.9 Å². The van der Waals surface area contributed by atoms with Crippen molar-refractivity contribution in [3.8, 4) is 11.5 Å². The second-order valence-electron chi connectivity index (χ2n) is 6.02. The smallest absolute Gasteiger partial charge is 0.161 e. The van der Waals surface area contributed by atoms with Crippen LogP contribution in [0.25, 0.3) is 0 Å². The Labute approximate surface area is 121 Å². The van der Waals surface area contributed by atoms with Crippen LogP contribution in [0.1, 0.15) is 12.8 Å². The molecule has 2 aliphatic heterocycles. The molecule has 0 radical (unpaired) electrons. The molecule has 2 atom stereocenters. The summed E-state index contributed by atoms with van der Waals surface area (Å²) in [5.74, 6) is 1.75. The van der Waals surface area contributed by atoms with Gasteiger partial charge in [0.1, 0.15) is 12.7 Å². The van der Waals surface area contributed by atoms with Crippen LogP contribution in [-0.4, -0.2) is 62.3 Å². The summed E-state index contributed by atoms with van der Waals surface area (Å²) in [7, 11) is 4.34. The number of fused-ring (bicyclic) bond motifs is 1. The Morgan fingerprint density at radius 1 is 1.25 bits per heavy atom. The SMILES string of the molecule is CN(C)[C@H]1CCCN(C[C@H]2COc3ccccc3O2)C1. The second kappa shape index (κ2) is 6.02. The lowest BCUT2D eigenvalue weighted by molar-refractivity contribution is 0.0399. The zero-order valence-corrected chi connectivity index (χ0v) is 12.4. The van der Waals surface area contributed by atoms with Gasteiger partial charge in [0.05, 0.1) is 0 Å². The van der Waals surface area contributed by atoms with Gasteiger partial charge in [0, 0.05) is 19.1 Å². The van der Waals surface area contributed by atoms with Crippen molar-refractivity contribution >= 4 is 0 Å². The second-order valence-corrected chi connectivity index (χ2v) is 6.02. The minimum absolute atomic E-state index is 0.144. The maximum Gasteiger partial charge on any atom is 0.161 e. The molecule has 0 aromatic heterocycles. The van der Waals surface area contributed by atoms with E-state index in [1.807, 2.05) is 24.3 Å². The summed E-state index contributed by atoms with van der Waals surface area (Å²) in [6.07, 6.45) is 2.72. The van der Waals surface area contributed by atoms with E-state index in [1.54, 1.807) is 0 Å². The fourth-order valence-electron chi connectivity index (χ4n) is 3.06. The summed E-state index contributed by atoms with van der Waals surface area (Å²) in [6.45, 7) is 3.92. The first-order chi connectivity index (χ1) is 9.72. The number of likely N-dealkylation sites (tertiary alicyclic amines) is 1. The first-order valence-electron chi connectivity index (χ1n) is 7.49. The number of nitrogens with zero attached hydrogens (tertiary/aromatic N) is 2. The van der Waals surface area contributed by atoms with Crippen LogP contribution in [0.5, 0.6) is 11.5 Å². The van der Waals surface area contributed by atoms with E-state index < -0.39 is 0 Å². The third-order valence-electron chi connectivity index (χ3n) is 4.24. The van der Waals surface area contributed by atoms with E-state index in [-0.39, 0.29) is 6.10 Å². The van der Waals surface area contributed by atoms with Crippen LogP contribution in [0, 0.1) is 0 Å². The van der Waals surface area contributed by atoms with Crippen molar-refractivity contribution < 1.29 is 9.47 Å². The lowest BCUT2D eigenvalue weighted by atomic mass is 10.0. The van der Waals surface area contributed by atoms with Crippen molar-refractivity contribution in [1.82, 2.24) is 9.80 Å². The largest absolute Gasteiger partial charge is 0.486 e. The van der Waals surface area contributed by atoms with Crippen molar-refractivity contribution in [2.75, 3.05) is 40.3 Å². The molecule has 2 heterocycles. The number of ether oxygens (including phenoxy) is 2. The molecule has 0 bridgehead atoms. The molecule has 1 aromatic rings. The van der Waals surface area contributed by atoms with Gasteiger partial charge in [0.25, 0.3) is 0 Å². The minimum Gasteiger partial charge on any atom is -0.486 e. The molecule has 0 unspecified atom stereocenters. The first kappa shape index (κ1) is 13.7. The van der Waals surface area contributed by atoms with Gasteiger partial charge in [0.15, 0.2) is 11.5 Å². The summed E-state index contributed by atoms with van der Waals surface area (Å²) in [6, 6.07) is 8.59. The number of benzene rings is 1. The van der Waals surface area contributed by atoms with Crippen LogP contribution in [0.3, 0.4) is 0 Å². The zero-order chi connectivity index (χ0) is 13.9. The third-order valence-corrected chi connectivity index (χ3v) is 4.24. The highest BCUT2D eigenvalue weighted by Crippen LogP contribution is 2.31. The number of piperidine rings is 1. The van der Waals surface area contributed by atoms with Gasteiger partial charge in [-0.1, -0.05) is 12.1 Å². The van der Waals surface area contributed by atoms with Gasteiger partial charge < -0.3 is 14.4 Å². The molecular weight excluding hydrogens is 252 g/mol. The van der Waals surface area contributed by atoms with Crippen molar-refractivity contribution in [3.05, 3.63) is 24.3 Å². The normalized spacial score (nSPS) is 26.8. The van der Waals surface area contributed by atoms with Gasteiger partial charge in [-0.2, -0.15) is 0 Å².